The number of anilines is 1. The second-order valence-corrected chi connectivity index (χ2v) is 7.31. The Bertz CT molecular complexity index is 835. The molecule has 6 heteroatoms. The van der Waals surface area contributed by atoms with Gasteiger partial charge in [0.2, 0.25) is 10.0 Å². The molecule has 0 aliphatic heterocycles. The average molecular weight is 341 g/mol. The Morgan fingerprint density at radius 2 is 1.79 bits per heavy atom. The topological polar surface area (TPSA) is 73.2 Å². The lowest BCUT2D eigenvalue weighted by Crippen LogP contribution is -2.26. The molecule has 0 aliphatic carbocycles. The molecule has 0 bridgehead atoms. The first-order valence-electron chi connectivity index (χ1n) is 7.37. The van der Waals surface area contributed by atoms with Crippen LogP contribution in [0.1, 0.15) is 11.1 Å². The Morgan fingerprint density at radius 3 is 2.33 bits per heavy atom. The monoisotopic (exact) mass is 341 g/mol. The fourth-order valence-corrected chi connectivity index (χ4v) is 3.25. The Balaban J connectivity index is 2.04. The fourth-order valence-electron chi connectivity index (χ4n) is 2.11. The summed E-state index contributed by atoms with van der Waals surface area (Å²) < 4.78 is 25.9. The maximum absolute atomic E-state index is 12.3. The van der Waals surface area contributed by atoms with E-state index in [-0.39, 0.29) is 11.4 Å². The van der Waals surface area contributed by atoms with Gasteiger partial charge in [-0.25, -0.2) is 8.42 Å². The van der Waals surface area contributed by atoms with Crippen molar-refractivity contribution in [3.05, 3.63) is 72.3 Å². The van der Waals surface area contributed by atoms with Gasteiger partial charge >= 0.3 is 0 Å². The van der Waals surface area contributed by atoms with Gasteiger partial charge in [-0.3, -0.25) is 0 Å². The van der Waals surface area contributed by atoms with Gasteiger partial charge in [-0.05, 0) is 42.0 Å². The summed E-state index contributed by atoms with van der Waals surface area (Å²) in [7, 11) is -1.97. The van der Waals surface area contributed by atoms with Gasteiger partial charge in [0, 0.05) is 25.8 Å². The van der Waals surface area contributed by atoms with E-state index >= 15 is 0 Å². The first-order chi connectivity index (χ1) is 11.5. The lowest BCUT2D eigenvalue weighted by molar-refractivity contribution is 0.499. The van der Waals surface area contributed by atoms with Crippen molar-refractivity contribution in [3.63, 3.8) is 0 Å². The van der Waals surface area contributed by atoms with Gasteiger partial charge in [0.25, 0.3) is 0 Å². The summed E-state index contributed by atoms with van der Waals surface area (Å²) in [6.07, 6.45) is 1.55. The quantitative estimate of drug-likeness (QED) is 0.786. The standard InChI is InChI=1S/C18H19N3O2S/c1-3-12-21(2)24(22,23)18-10-8-17(9-11-18)20-14-16-6-4-15(13-19)5-7-16/h3-11,20H,1,12,14H2,2H3. The summed E-state index contributed by atoms with van der Waals surface area (Å²) in [5.41, 5.74) is 2.48. The molecule has 0 atom stereocenters. The summed E-state index contributed by atoms with van der Waals surface area (Å²) in [5, 5.41) is 12.0. The highest BCUT2D eigenvalue weighted by atomic mass is 32.2. The maximum atomic E-state index is 12.3. The molecular weight excluding hydrogens is 322 g/mol. The molecule has 0 unspecified atom stereocenters. The Hall–Kier alpha value is -2.62. The lowest BCUT2D eigenvalue weighted by Gasteiger charge is -2.15. The number of rotatable bonds is 7. The van der Waals surface area contributed by atoms with E-state index in [1.165, 1.54) is 11.4 Å². The van der Waals surface area contributed by atoms with Gasteiger partial charge in [-0.15, -0.1) is 6.58 Å². The average Bonchev–Trinajstić information content (AvgIpc) is 2.61. The maximum Gasteiger partial charge on any atom is 0.243 e. The minimum atomic E-state index is -3.49. The van der Waals surface area contributed by atoms with Crippen molar-refractivity contribution in [2.24, 2.45) is 0 Å². The molecule has 0 aliphatic rings. The number of hydrogen-bond donors (Lipinski definition) is 1. The third-order valence-corrected chi connectivity index (χ3v) is 5.37. The van der Waals surface area contributed by atoms with E-state index in [0.717, 1.165) is 11.3 Å². The third-order valence-electron chi connectivity index (χ3n) is 3.53. The van der Waals surface area contributed by atoms with E-state index in [2.05, 4.69) is 18.0 Å². The first-order valence-corrected chi connectivity index (χ1v) is 8.81. The third kappa shape index (κ3) is 4.22. The molecule has 0 saturated carbocycles. The molecule has 5 nitrogen and oxygen atoms in total. The van der Waals surface area contributed by atoms with Gasteiger partial charge in [0.05, 0.1) is 16.5 Å². The van der Waals surface area contributed by atoms with E-state index in [1.807, 2.05) is 12.1 Å². The van der Waals surface area contributed by atoms with Crippen LogP contribution in [-0.4, -0.2) is 26.3 Å². The molecule has 24 heavy (non-hydrogen) atoms. The predicted molar refractivity (Wildman–Crippen MR) is 94.9 cm³/mol. The number of hydrogen-bond acceptors (Lipinski definition) is 4. The Kier molecular flexibility index (Phi) is 5.74. The predicted octanol–water partition coefficient (Wildman–Crippen LogP) is 2.98. The van der Waals surface area contributed by atoms with Crippen molar-refractivity contribution in [2.75, 3.05) is 18.9 Å². The fraction of sp³-hybridized carbons (Fsp3) is 0.167. The highest BCUT2D eigenvalue weighted by Gasteiger charge is 2.19. The van der Waals surface area contributed by atoms with Gasteiger partial charge in [0.1, 0.15) is 0 Å². The normalized spacial score (nSPS) is 11.0. The smallest absolute Gasteiger partial charge is 0.243 e. The van der Waals surface area contributed by atoms with Gasteiger partial charge in [-0.1, -0.05) is 18.2 Å². The van der Waals surface area contributed by atoms with Gasteiger partial charge in [-0.2, -0.15) is 9.57 Å². The van der Waals surface area contributed by atoms with Crippen LogP contribution in [0.25, 0.3) is 0 Å². The van der Waals surface area contributed by atoms with Crippen LogP contribution in [0.5, 0.6) is 0 Å². The van der Waals surface area contributed by atoms with Crippen molar-refractivity contribution >= 4 is 15.7 Å². The molecule has 0 fully saturated rings. The summed E-state index contributed by atoms with van der Waals surface area (Å²) in [4.78, 5) is 0.246. The molecular formula is C18H19N3O2S. The van der Waals surface area contributed by atoms with Crippen molar-refractivity contribution in [3.8, 4) is 6.07 Å². The van der Waals surface area contributed by atoms with Gasteiger partial charge in [0.15, 0.2) is 0 Å². The zero-order valence-electron chi connectivity index (χ0n) is 13.4. The molecule has 124 valence electrons. The number of benzene rings is 2. The van der Waals surface area contributed by atoms with Crippen LogP contribution in [0.2, 0.25) is 0 Å². The zero-order valence-corrected chi connectivity index (χ0v) is 14.3. The summed E-state index contributed by atoms with van der Waals surface area (Å²) in [6.45, 7) is 4.41. The van der Waals surface area contributed by atoms with Crippen molar-refractivity contribution < 1.29 is 8.42 Å². The summed E-state index contributed by atoms with van der Waals surface area (Å²) in [5.74, 6) is 0. The molecule has 2 aromatic rings. The lowest BCUT2D eigenvalue weighted by atomic mass is 10.1. The van der Waals surface area contributed by atoms with Gasteiger partial charge < -0.3 is 5.32 Å². The van der Waals surface area contributed by atoms with Crippen molar-refractivity contribution in [2.45, 2.75) is 11.4 Å². The highest BCUT2D eigenvalue weighted by Crippen LogP contribution is 2.18. The molecule has 0 saturated heterocycles. The van der Waals surface area contributed by atoms with E-state index in [0.29, 0.717) is 12.1 Å². The second kappa shape index (κ2) is 7.77. The van der Waals surface area contributed by atoms with Crippen LogP contribution >= 0.6 is 0 Å². The molecule has 0 radical (unpaired) electrons. The number of sulfonamides is 1. The largest absolute Gasteiger partial charge is 0.381 e. The minimum absolute atomic E-state index is 0.246. The Labute approximate surface area is 142 Å². The van der Waals surface area contributed by atoms with E-state index < -0.39 is 10.0 Å². The zero-order chi connectivity index (χ0) is 17.6. The molecule has 0 heterocycles. The van der Waals surface area contributed by atoms with Crippen LogP contribution in [0.4, 0.5) is 5.69 Å². The molecule has 2 aromatic carbocycles. The summed E-state index contributed by atoms with van der Waals surface area (Å²) in [6, 6.07) is 16.0. The van der Waals surface area contributed by atoms with Crippen LogP contribution in [0.15, 0.2) is 66.1 Å². The molecule has 0 spiro atoms. The van der Waals surface area contributed by atoms with E-state index in [1.54, 1.807) is 42.5 Å². The number of nitriles is 1. The second-order valence-electron chi connectivity index (χ2n) is 5.26. The van der Waals surface area contributed by atoms with Crippen LogP contribution in [-0.2, 0) is 16.6 Å². The number of likely N-dealkylation sites (N-methyl/N-ethyl adjacent to an activating group) is 1. The molecule has 1 N–H and O–H groups in total. The summed E-state index contributed by atoms with van der Waals surface area (Å²) >= 11 is 0. The van der Waals surface area contributed by atoms with Crippen LogP contribution in [0.3, 0.4) is 0 Å². The van der Waals surface area contributed by atoms with Crippen molar-refractivity contribution in [1.82, 2.24) is 4.31 Å². The molecule has 2 rings (SSSR count). The van der Waals surface area contributed by atoms with E-state index in [9.17, 15) is 8.42 Å². The van der Waals surface area contributed by atoms with E-state index in [4.69, 9.17) is 5.26 Å². The molecule has 0 aromatic heterocycles. The first kappa shape index (κ1) is 17.7. The highest BCUT2D eigenvalue weighted by molar-refractivity contribution is 7.89. The van der Waals surface area contributed by atoms with Crippen LogP contribution < -0.4 is 5.32 Å². The number of nitrogens with one attached hydrogen (secondary N) is 1. The number of nitrogens with zero attached hydrogens (tertiary/aromatic N) is 2. The molecule has 0 amide bonds. The van der Waals surface area contributed by atoms with Crippen molar-refractivity contribution in [1.29, 1.82) is 5.26 Å². The Morgan fingerprint density at radius 1 is 1.17 bits per heavy atom. The SMILES string of the molecule is C=CCN(C)S(=O)(=O)c1ccc(NCc2ccc(C#N)cc2)cc1. The van der Waals surface area contributed by atoms with Crippen LogP contribution in [0, 0.1) is 11.3 Å². The minimum Gasteiger partial charge on any atom is -0.381 e.